The molecule has 0 aromatic rings. The summed E-state index contributed by atoms with van der Waals surface area (Å²) in [7, 11) is 0. The number of rotatable bonds is 14. The van der Waals surface area contributed by atoms with Crippen LogP contribution in [0.3, 0.4) is 0 Å². The lowest BCUT2D eigenvalue weighted by Crippen LogP contribution is -1.94. The van der Waals surface area contributed by atoms with Crippen molar-refractivity contribution in [2.24, 2.45) is 0 Å². The predicted octanol–water partition coefficient (Wildman–Crippen LogP) is 6.94. The van der Waals surface area contributed by atoms with Gasteiger partial charge in [0.1, 0.15) is 0 Å². The number of allylic oxidation sites excluding steroid dienone is 11. The van der Waals surface area contributed by atoms with Crippen molar-refractivity contribution in [3.63, 3.8) is 0 Å². The van der Waals surface area contributed by atoms with Crippen molar-refractivity contribution >= 4 is 5.97 Å². The largest absolute Gasteiger partial charge is 0.478 e. The summed E-state index contributed by atoms with van der Waals surface area (Å²) in [5.41, 5.74) is 0.325. The van der Waals surface area contributed by atoms with Crippen LogP contribution < -0.4 is 0 Å². The monoisotopic (exact) mass is 342 g/mol. The van der Waals surface area contributed by atoms with Gasteiger partial charge in [0.25, 0.3) is 0 Å². The van der Waals surface area contributed by atoms with Crippen molar-refractivity contribution < 1.29 is 9.90 Å². The van der Waals surface area contributed by atoms with Crippen LogP contribution in [-0.4, -0.2) is 11.1 Å². The number of hydrogen-bond donors (Lipinski definition) is 1. The molecule has 0 radical (unpaired) electrons. The fraction of sp³-hybridized carbons (Fsp3) is 0.435. The van der Waals surface area contributed by atoms with Gasteiger partial charge < -0.3 is 5.11 Å². The first kappa shape index (κ1) is 22.9. The van der Waals surface area contributed by atoms with Crippen molar-refractivity contribution in [1.82, 2.24) is 0 Å². The highest BCUT2D eigenvalue weighted by molar-refractivity contribution is 5.86. The summed E-state index contributed by atoms with van der Waals surface area (Å²) < 4.78 is 0. The molecule has 0 atom stereocenters. The summed E-state index contributed by atoms with van der Waals surface area (Å²) >= 11 is 0. The van der Waals surface area contributed by atoms with E-state index in [9.17, 15) is 4.79 Å². The zero-order valence-electron chi connectivity index (χ0n) is 15.9. The average molecular weight is 343 g/mol. The Morgan fingerprint density at radius 1 is 0.720 bits per heavy atom. The van der Waals surface area contributed by atoms with Crippen molar-refractivity contribution in [2.75, 3.05) is 0 Å². The van der Waals surface area contributed by atoms with Crippen LogP contribution in [-0.2, 0) is 4.79 Å². The standard InChI is InChI=1S/C23H34O2/c1-3-4-5-6-7-8-9-10-11-12-13-14-15-16-17-18-19-20-21-22(2)23(24)25/h11-21H,3-10H2,1-2H3,(H,24,25). The quantitative estimate of drug-likeness (QED) is 0.211. The normalized spacial score (nSPS) is 13.4. The third-order valence-corrected chi connectivity index (χ3v) is 3.68. The Morgan fingerprint density at radius 2 is 1.20 bits per heavy atom. The lowest BCUT2D eigenvalue weighted by Gasteiger charge is -1.98. The van der Waals surface area contributed by atoms with Gasteiger partial charge in [-0.3, -0.25) is 0 Å². The van der Waals surface area contributed by atoms with Gasteiger partial charge in [0, 0.05) is 5.57 Å². The van der Waals surface area contributed by atoms with Gasteiger partial charge in [0.2, 0.25) is 0 Å². The summed E-state index contributed by atoms with van der Waals surface area (Å²) in [5.74, 6) is -0.890. The summed E-state index contributed by atoms with van der Waals surface area (Å²) in [5, 5.41) is 8.68. The molecule has 0 bridgehead atoms. The molecular weight excluding hydrogens is 308 g/mol. The van der Waals surface area contributed by atoms with Crippen molar-refractivity contribution in [1.29, 1.82) is 0 Å². The molecule has 0 aliphatic carbocycles. The summed E-state index contributed by atoms with van der Waals surface area (Å²) in [6.07, 6.45) is 31.8. The highest BCUT2D eigenvalue weighted by Crippen LogP contribution is 2.08. The first-order valence-corrected chi connectivity index (χ1v) is 9.42. The van der Waals surface area contributed by atoms with E-state index in [-0.39, 0.29) is 0 Å². The maximum Gasteiger partial charge on any atom is 0.331 e. The SMILES string of the molecule is CCCCCCCCCC=CC=CC=CC=CC=CC=C(C)C(=O)O. The van der Waals surface area contributed by atoms with Gasteiger partial charge in [-0.25, -0.2) is 4.79 Å². The minimum Gasteiger partial charge on any atom is -0.478 e. The molecule has 0 amide bonds. The zero-order chi connectivity index (χ0) is 18.6. The second kappa shape index (κ2) is 18.3. The molecule has 0 spiro atoms. The molecule has 138 valence electrons. The average Bonchev–Trinajstić information content (AvgIpc) is 2.60. The van der Waals surface area contributed by atoms with E-state index in [0.717, 1.165) is 6.42 Å². The molecule has 0 saturated carbocycles. The van der Waals surface area contributed by atoms with Crippen LogP contribution in [0.5, 0.6) is 0 Å². The molecule has 0 aliphatic heterocycles. The van der Waals surface area contributed by atoms with Crippen LogP contribution in [0.25, 0.3) is 0 Å². The van der Waals surface area contributed by atoms with Crippen LogP contribution in [0.15, 0.2) is 72.4 Å². The van der Waals surface area contributed by atoms with E-state index in [1.165, 1.54) is 44.9 Å². The number of aliphatic carboxylic acids is 1. The molecule has 2 nitrogen and oxygen atoms in total. The third-order valence-electron chi connectivity index (χ3n) is 3.68. The van der Waals surface area contributed by atoms with Gasteiger partial charge in [-0.05, 0) is 19.8 Å². The van der Waals surface area contributed by atoms with Gasteiger partial charge in [0.05, 0.1) is 0 Å². The molecular formula is C23H34O2. The van der Waals surface area contributed by atoms with Crippen LogP contribution in [0.4, 0.5) is 0 Å². The van der Waals surface area contributed by atoms with E-state index in [4.69, 9.17) is 5.11 Å². The van der Waals surface area contributed by atoms with Gasteiger partial charge in [0.15, 0.2) is 0 Å². The first-order valence-electron chi connectivity index (χ1n) is 9.42. The van der Waals surface area contributed by atoms with Crippen LogP contribution in [0.2, 0.25) is 0 Å². The van der Waals surface area contributed by atoms with E-state index in [1.807, 2.05) is 42.5 Å². The highest BCUT2D eigenvalue weighted by Gasteiger charge is 1.94. The lowest BCUT2D eigenvalue weighted by atomic mass is 10.1. The molecule has 0 unspecified atom stereocenters. The Labute approximate surface area is 154 Å². The minimum absolute atomic E-state index is 0.325. The van der Waals surface area contributed by atoms with Crippen LogP contribution >= 0.6 is 0 Å². The predicted molar refractivity (Wildman–Crippen MR) is 110 cm³/mol. The van der Waals surface area contributed by atoms with E-state index in [1.54, 1.807) is 19.1 Å². The molecule has 0 fully saturated rings. The maximum atomic E-state index is 10.6. The first-order chi connectivity index (χ1) is 12.2. The van der Waals surface area contributed by atoms with Crippen molar-refractivity contribution in [3.8, 4) is 0 Å². The van der Waals surface area contributed by atoms with Crippen LogP contribution in [0.1, 0.15) is 65.2 Å². The summed E-state index contributed by atoms with van der Waals surface area (Å²) in [6, 6.07) is 0. The Balaban J connectivity index is 3.68. The number of carboxylic acids is 1. The van der Waals surface area contributed by atoms with Crippen molar-refractivity contribution in [3.05, 3.63) is 72.4 Å². The van der Waals surface area contributed by atoms with Gasteiger partial charge in [-0.2, -0.15) is 0 Å². The van der Waals surface area contributed by atoms with Gasteiger partial charge in [-0.1, -0.05) is 112 Å². The fourth-order valence-corrected chi connectivity index (χ4v) is 2.11. The Bertz CT molecular complexity index is 502. The molecule has 0 aliphatic rings. The third kappa shape index (κ3) is 18.1. The molecule has 0 aromatic heterocycles. The van der Waals surface area contributed by atoms with Crippen LogP contribution in [0, 0.1) is 0 Å². The smallest absolute Gasteiger partial charge is 0.331 e. The molecule has 2 heteroatoms. The highest BCUT2D eigenvalue weighted by atomic mass is 16.4. The Morgan fingerprint density at radius 3 is 1.76 bits per heavy atom. The Kier molecular flexibility index (Phi) is 16.7. The molecule has 25 heavy (non-hydrogen) atoms. The second-order valence-electron chi connectivity index (χ2n) is 6.03. The van der Waals surface area contributed by atoms with Gasteiger partial charge >= 0.3 is 5.97 Å². The van der Waals surface area contributed by atoms with E-state index in [2.05, 4.69) is 19.1 Å². The minimum atomic E-state index is -0.890. The molecule has 0 aromatic carbocycles. The molecule has 0 heterocycles. The fourth-order valence-electron chi connectivity index (χ4n) is 2.11. The molecule has 1 N–H and O–H groups in total. The molecule has 0 saturated heterocycles. The second-order valence-corrected chi connectivity index (χ2v) is 6.03. The van der Waals surface area contributed by atoms with E-state index >= 15 is 0 Å². The lowest BCUT2D eigenvalue weighted by molar-refractivity contribution is -0.132. The number of carbonyl (C=O) groups is 1. The zero-order valence-corrected chi connectivity index (χ0v) is 15.9. The van der Waals surface area contributed by atoms with E-state index < -0.39 is 5.97 Å². The summed E-state index contributed by atoms with van der Waals surface area (Å²) in [4.78, 5) is 10.6. The number of unbranched alkanes of at least 4 members (excludes halogenated alkanes) is 7. The molecule has 0 rings (SSSR count). The topological polar surface area (TPSA) is 37.3 Å². The Hall–Kier alpha value is -2.09. The summed E-state index contributed by atoms with van der Waals surface area (Å²) in [6.45, 7) is 3.83. The number of carboxylic acid groups (broad SMARTS) is 1. The van der Waals surface area contributed by atoms with Crippen molar-refractivity contribution in [2.45, 2.75) is 65.2 Å². The maximum absolute atomic E-state index is 10.6. The van der Waals surface area contributed by atoms with E-state index in [0.29, 0.717) is 5.57 Å². The van der Waals surface area contributed by atoms with Gasteiger partial charge in [-0.15, -0.1) is 0 Å². The number of hydrogen-bond acceptors (Lipinski definition) is 1.